The maximum absolute atomic E-state index is 12.2. The third-order valence-corrected chi connectivity index (χ3v) is 5.30. The van der Waals surface area contributed by atoms with Crippen molar-refractivity contribution in [3.05, 3.63) is 27.2 Å². The minimum absolute atomic E-state index is 0.0639. The highest BCUT2D eigenvalue weighted by molar-refractivity contribution is 9.10. The highest BCUT2D eigenvalue weighted by Gasteiger charge is 2.21. The average molecular weight is 398 g/mol. The Morgan fingerprint density at radius 2 is 2.24 bits per heavy atom. The van der Waals surface area contributed by atoms with Gasteiger partial charge in [0.15, 0.2) is 0 Å². The maximum Gasteiger partial charge on any atom is 0.252 e. The van der Waals surface area contributed by atoms with Crippen LogP contribution in [-0.2, 0) is 14.8 Å². The molecule has 1 aromatic rings. The minimum Gasteiger partial charge on any atom is -0.381 e. The zero-order valence-corrected chi connectivity index (χ0v) is 14.1. The molecule has 1 unspecified atom stereocenters. The zero-order chi connectivity index (χ0) is 15.6. The van der Waals surface area contributed by atoms with E-state index in [4.69, 9.17) is 21.5 Å². The summed E-state index contributed by atoms with van der Waals surface area (Å²) in [6, 6.07) is 2.43. The third kappa shape index (κ3) is 4.17. The van der Waals surface area contributed by atoms with Crippen molar-refractivity contribution >= 4 is 43.5 Å². The van der Waals surface area contributed by atoms with Crippen LogP contribution in [0.15, 0.2) is 21.5 Å². The Balaban J connectivity index is 2.21. The molecule has 0 bridgehead atoms. The van der Waals surface area contributed by atoms with Gasteiger partial charge in [0.1, 0.15) is 0 Å². The lowest BCUT2D eigenvalue weighted by atomic mass is 10.1. The molecule has 1 fully saturated rings. The van der Waals surface area contributed by atoms with E-state index in [-0.39, 0.29) is 21.4 Å². The second kappa shape index (κ2) is 6.62. The minimum atomic E-state index is -3.92. The highest BCUT2D eigenvalue weighted by Crippen LogP contribution is 2.29. The number of carbonyl (C=O) groups excluding carboxylic acids is 1. The van der Waals surface area contributed by atoms with Gasteiger partial charge in [-0.25, -0.2) is 13.6 Å². The molecular weight excluding hydrogens is 384 g/mol. The van der Waals surface area contributed by atoms with Gasteiger partial charge in [-0.15, -0.1) is 0 Å². The molecule has 1 saturated heterocycles. The van der Waals surface area contributed by atoms with Gasteiger partial charge < -0.3 is 10.1 Å². The van der Waals surface area contributed by atoms with Crippen LogP contribution in [0.3, 0.4) is 0 Å². The van der Waals surface area contributed by atoms with Crippen LogP contribution >= 0.6 is 27.5 Å². The molecule has 0 saturated carbocycles. The molecule has 3 N–H and O–H groups in total. The van der Waals surface area contributed by atoms with Crippen molar-refractivity contribution in [2.45, 2.75) is 11.3 Å². The molecule has 0 radical (unpaired) electrons. The van der Waals surface area contributed by atoms with Crippen molar-refractivity contribution in [3.63, 3.8) is 0 Å². The Bertz CT molecular complexity index is 659. The van der Waals surface area contributed by atoms with E-state index in [9.17, 15) is 13.2 Å². The predicted octanol–water partition coefficient (Wildman–Crippen LogP) is 1.52. The summed E-state index contributed by atoms with van der Waals surface area (Å²) in [7, 11) is -3.92. The van der Waals surface area contributed by atoms with Crippen LogP contribution in [0.25, 0.3) is 0 Å². The number of primary sulfonamides is 1. The summed E-state index contributed by atoms with van der Waals surface area (Å²) in [5.74, 6) is -0.185. The summed E-state index contributed by atoms with van der Waals surface area (Å²) >= 11 is 9.16. The third-order valence-electron chi connectivity index (χ3n) is 3.15. The van der Waals surface area contributed by atoms with E-state index in [0.29, 0.717) is 24.2 Å². The van der Waals surface area contributed by atoms with Crippen molar-refractivity contribution < 1.29 is 17.9 Å². The van der Waals surface area contributed by atoms with Crippen LogP contribution in [-0.4, -0.2) is 34.1 Å². The Labute approximate surface area is 136 Å². The molecule has 6 nitrogen and oxygen atoms in total. The molecule has 0 aliphatic carbocycles. The molecule has 1 heterocycles. The number of hydrogen-bond acceptors (Lipinski definition) is 4. The monoisotopic (exact) mass is 396 g/mol. The van der Waals surface area contributed by atoms with E-state index in [2.05, 4.69) is 21.2 Å². The van der Waals surface area contributed by atoms with Crippen LogP contribution in [0.2, 0.25) is 5.02 Å². The first kappa shape index (κ1) is 16.7. The van der Waals surface area contributed by atoms with E-state index in [1.807, 2.05) is 0 Å². The van der Waals surface area contributed by atoms with E-state index in [1.165, 1.54) is 12.1 Å². The quantitative estimate of drug-likeness (QED) is 0.804. The summed E-state index contributed by atoms with van der Waals surface area (Å²) in [6.07, 6.45) is 0.884. The van der Waals surface area contributed by atoms with Gasteiger partial charge in [0, 0.05) is 23.5 Å². The molecular formula is C12H14BrClN2O4S. The first-order chi connectivity index (χ1) is 9.79. The van der Waals surface area contributed by atoms with Gasteiger partial charge >= 0.3 is 0 Å². The fraction of sp³-hybridized carbons (Fsp3) is 0.417. The molecule has 1 aliphatic heterocycles. The van der Waals surface area contributed by atoms with Crippen molar-refractivity contribution in [1.29, 1.82) is 0 Å². The Kier molecular flexibility index (Phi) is 5.26. The molecule has 0 aromatic heterocycles. The second-order valence-electron chi connectivity index (χ2n) is 4.75. The SMILES string of the molecule is NS(=O)(=O)c1cc(Br)c(Cl)c(C(=O)NCC2CCOC2)c1. The number of nitrogens with one attached hydrogen (secondary N) is 1. The molecule has 1 amide bonds. The standard InChI is InChI=1S/C12H14BrClN2O4S/c13-10-4-8(21(15,18)19)3-9(11(10)14)12(17)16-5-7-1-2-20-6-7/h3-4,7H,1-2,5-6H2,(H,16,17)(H2,15,18,19). The normalized spacial score (nSPS) is 18.7. The number of rotatable bonds is 4. The number of carbonyl (C=O) groups is 1. The Morgan fingerprint density at radius 1 is 1.52 bits per heavy atom. The molecule has 2 rings (SSSR count). The molecule has 1 atom stereocenters. The zero-order valence-electron chi connectivity index (χ0n) is 10.9. The van der Waals surface area contributed by atoms with Gasteiger partial charge in [-0.2, -0.15) is 0 Å². The Morgan fingerprint density at radius 3 is 2.81 bits per heavy atom. The van der Waals surface area contributed by atoms with Gasteiger partial charge in [-0.05, 0) is 34.5 Å². The van der Waals surface area contributed by atoms with Gasteiger partial charge in [-0.1, -0.05) is 11.6 Å². The van der Waals surface area contributed by atoms with Gasteiger partial charge in [-0.3, -0.25) is 4.79 Å². The lowest BCUT2D eigenvalue weighted by Crippen LogP contribution is -2.30. The van der Waals surface area contributed by atoms with E-state index in [1.54, 1.807) is 0 Å². The fourth-order valence-electron chi connectivity index (χ4n) is 1.97. The fourth-order valence-corrected chi connectivity index (χ4v) is 3.34. The van der Waals surface area contributed by atoms with Crippen molar-refractivity contribution in [2.75, 3.05) is 19.8 Å². The number of sulfonamides is 1. The Hall–Kier alpha value is -0.670. The number of ether oxygens (including phenoxy) is 1. The largest absolute Gasteiger partial charge is 0.381 e. The summed E-state index contributed by atoms with van der Waals surface area (Å²) in [6.45, 7) is 1.75. The van der Waals surface area contributed by atoms with Crippen LogP contribution in [0.1, 0.15) is 16.8 Å². The molecule has 0 spiro atoms. The van der Waals surface area contributed by atoms with Crippen molar-refractivity contribution in [2.24, 2.45) is 11.1 Å². The number of hydrogen-bond donors (Lipinski definition) is 2. The lowest BCUT2D eigenvalue weighted by molar-refractivity contribution is 0.0945. The van der Waals surface area contributed by atoms with Gasteiger partial charge in [0.25, 0.3) is 5.91 Å². The molecule has 116 valence electrons. The van der Waals surface area contributed by atoms with E-state index in [0.717, 1.165) is 6.42 Å². The van der Waals surface area contributed by atoms with E-state index >= 15 is 0 Å². The van der Waals surface area contributed by atoms with E-state index < -0.39 is 15.9 Å². The summed E-state index contributed by atoms with van der Waals surface area (Å²) < 4.78 is 28.3. The van der Waals surface area contributed by atoms with Crippen molar-refractivity contribution in [3.8, 4) is 0 Å². The predicted molar refractivity (Wildman–Crippen MR) is 81.8 cm³/mol. The summed E-state index contributed by atoms with van der Waals surface area (Å²) in [4.78, 5) is 12.0. The number of halogens is 2. The van der Waals surface area contributed by atoms with Crippen LogP contribution in [0, 0.1) is 5.92 Å². The number of nitrogens with two attached hydrogens (primary N) is 1. The van der Waals surface area contributed by atoms with Crippen LogP contribution in [0.5, 0.6) is 0 Å². The van der Waals surface area contributed by atoms with Crippen LogP contribution < -0.4 is 10.5 Å². The number of benzene rings is 1. The second-order valence-corrected chi connectivity index (χ2v) is 7.55. The molecule has 9 heteroatoms. The summed E-state index contributed by atoms with van der Waals surface area (Å²) in [5.41, 5.74) is 0.0639. The van der Waals surface area contributed by atoms with Crippen molar-refractivity contribution in [1.82, 2.24) is 5.32 Å². The number of amides is 1. The maximum atomic E-state index is 12.2. The molecule has 21 heavy (non-hydrogen) atoms. The lowest BCUT2D eigenvalue weighted by Gasteiger charge is -2.12. The highest BCUT2D eigenvalue weighted by atomic mass is 79.9. The smallest absolute Gasteiger partial charge is 0.252 e. The summed E-state index contributed by atoms with van der Waals surface area (Å²) in [5, 5.41) is 7.95. The molecule has 1 aliphatic rings. The first-order valence-electron chi connectivity index (χ1n) is 6.17. The van der Waals surface area contributed by atoms with Gasteiger partial charge in [0.2, 0.25) is 10.0 Å². The first-order valence-corrected chi connectivity index (χ1v) is 8.88. The molecule has 1 aromatic carbocycles. The topological polar surface area (TPSA) is 98.5 Å². The van der Waals surface area contributed by atoms with Crippen LogP contribution in [0.4, 0.5) is 0 Å². The van der Waals surface area contributed by atoms with Gasteiger partial charge in [0.05, 0.1) is 22.1 Å². The average Bonchev–Trinajstić information content (AvgIpc) is 2.91.